The van der Waals surface area contributed by atoms with E-state index in [0.29, 0.717) is 12.8 Å². The molecule has 0 heterocycles. The van der Waals surface area contributed by atoms with E-state index in [9.17, 15) is 18.5 Å². The topological polar surface area (TPSA) is 80.5 Å². The molecule has 6 nitrogen and oxygen atoms in total. The lowest BCUT2D eigenvalue weighted by atomic mass is 10.3. The van der Waals surface area contributed by atoms with Crippen LogP contribution in [0.3, 0.4) is 0 Å². The number of sulfonamides is 1. The van der Waals surface area contributed by atoms with Gasteiger partial charge in [-0.15, -0.1) is 13.2 Å². The van der Waals surface area contributed by atoms with Gasteiger partial charge in [0.05, 0.1) is 4.92 Å². The number of rotatable bonds is 9. The Hall–Kier alpha value is -1.99. The fourth-order valence-electron chi connectivity index (χ4n) is 1.79. The largest absolute Gasteiger partial charge is 0.289 e. The summed E-state index contributed by atoms with van der Waals surface area (Å²) >= 11 is 0. The first-order valence-corrected chi connectivity index (χ1v) is 7.84. The van der Waals surface area contributed by atoms with Gasteiger partial charge in [-0.05, 0) is 18.9 Å². The maximum atomic E-state index is 12.6. The molecular weight excluding hydrogens is 292 g/mol. The Bertz CT molecular complexity index is 614. The molecule has 1 aromatic rings. The molecule has 1 rings (SSSR count). The molecule has 21 heavy (non-hydrogen) atoms. The van der Waals surface area contributed by atoms with Gasteiger partial charge in [0, 0.05) is 19.2 Å². The second-order valence-corrected chi connectivity index (χ2v) is 6.19. The van der Waals surface area contributed by atoms with E-state index in [0.717, 1.165) is 0 Å². The molecule has 0 saturated heterocycles. The summed E-state index contributed by atoms with van der Waals surface area (Å²) in [6.07, 6.45) is 4.15. The molecule has 0 aliphatic carbocycles. The van der Waals surface area contributed by atoms with Gasteiger partial charge in [0.15, 0.2) is 4.90 Å². The van der Waals surface area contributed by atoms with Crippen LogP contribution in [0.5, 0.6) is 0 Å². The molecule has 0 bridgehead atoms. The van der Waals surface area contributed by atoms with E-state index >= 15 is 0 Å². The summed E-state index contributed by atoms with van der Waals surface area (Å²) in [6, 6.07) is 5.35. The zero-order valence-electron chi connectivity index (χ0n) is 11.6. The molecule has 0 saturated carbocycles. The van der Waals surface area contributed by atoms with Gasteiger partial charge in [-0.1, -0.05) is 24.3 Å². The van der Waals surface area contributed by atoms with Gasteiger partial charge in [-0.25, -0.2) is 8.42 Å². The first-order chi connectivity index (χ1) is 9.95. The lowest BCUT2D eigenvalue weighted by Crippen LogP contribution is -2.33. The van der Waals surface area contributed by atoms with Crippen molar-refractivity contribution in [2.75, 3.05) is 13.1 Å². The van der Waals surface area contributed by atoms with E-state index in [4.69, 9.17) is 0 Å². The summed E-state index contributed by atoms with van der Waals surface area (Å²) in [5.74, 6) is 0. The molecule has 0 aliphatic heterocycles. The monoisotopic (exact) mass is 310 g/mol. The third-order valence-electron chi connectivity index (χ3n) is 2.85. The summed E-state index contributed by atoms with van der Waals surface area (Å²) in [7, 11) is -3.93. The maximum Gasteiger partial charge on any atom is 0.289 e. The average Bonchev–Trinajstić information content (AvgIpc) is 2.47. The molecule has 0 fully saturated rings. The molecule has 0 radical (unpaired) electrons. The molecule has 0 aromatic heterocycles. The molecule has 114 valence electrons. The van der Waals surface area contributed by atoms with Crippen molar-refractivity contribution in [2.24, 2.45) is 0 Å². The minimum atomic E-state index is -3.93. The Morgan fingerprint density at radius 3 is 2.14 bits per heavy atom. The molecule has 0 unspecified atom stereocenters. The minimum Gasteiger partial charge on any atom is -0.258 e. The number of nitro groups is 1. The third-order valence-corrected chi connectivity index (χ3v) is 4.79. The van der Waals surface area contributed by atoms with Gasteiger partial charge < -0.3 is 0 Å². The summed E-state index contributed by atoms with van der Waals surface area (Å²) in [6.45, 7) is 7.58. The molecule has 0 N–H and O–H groups in total. The van der Waals surface area contributed by atoms with Gasteiger partial charge in [0.25, 0.3) is 5.69 Å². The fraction of sp³-hybridized carbons (Fsp3) is 0.286. The van der Waals surface area contributed by atoms with Crippen molar-refractivity contribution < 1.29 is 13.3 Å². The fourth-order valence-corrected chi connectivity index (χ4v) is 3.42. The molecule has 0 amide bonds. The van der Waals surface area contributed by atoms with Crippen molar-refractivity contribution >= 4 is 15.7 Å². The van der Waals surface area contributed by atoms with Gasteiger partial charge in [0.1, 0.15) is 0 Å². The van der Waals surface area contributed by atoms with Gasteiger partial charge in [-0.2, -0.15) is 4.31 Å². The van der Waals surface area contributed by atoms with E-state index in [2.05, 4.69) is 13.2 Å². The number of nitrogens with zero attached hydrogens (tertiary/aromatic N) is 2. The van der Waals surface area contributed by atoms with E-state index in [-0.39, 0.29) is 18.0 Å². The zero-order valence-corrected chi connectivity index (χ0v) is 12.5. The number of hydrogen-bond donors (Lipinski definition) is 0. The highest BCUT2D eigenvalue weighted by atomic mass is 32.2. The summed E-state index contributed by atoms with van der Waals surface area (Å²) in [5.41, 5.74) is -0.417. The highest BCUT2D eigenvalue weighted by Gasteiger charge is 2.30. The smallest absolute Gasteiger partial charge is 0.258 e. The van der Waals surface area contributed by atoms with Crippen LogP contribution in [-0.2, 0) is 10.0 Å². The van der Waals surface area contributed by atoms with Gasteiger partial charge in [0.2, 0.25) is 10.0 Å². The van der Waals surface area contributed by atoms with E-state index in [1.54, 1.807) is 12.2 Å². The normalized spacial score (nSPS) is 11.3. The Balaban J connectivity index is 3.24. The Morgan fingerprint density at radius 1 is 1.14 bits per heavy atom. The van der Waals surface area contributed by atoms with Crippen LogP contribution in [0.2, 0.25) is 0 Å². The Morgan fingerprint density at radius 2 is 1.67 bits per heavy atom. The van der Waals surface area contributed by atoms with E-state index in [1.807, 2.05) is 0 Å². The van der Waals surface area contributed by atoms with Crippen molar-refractivity contribution in [3.8, 4) is 0 Å². The predicted molar refractivity (Wildman–Crippen MR) is 81.5 cm³/mol. The van der Waals surface area contributed by atoms with Crippen LogP contribution < -0.4 is 0 Å². The number of benzene rings is 1. The summed E-state index contributed by atoms with van der Waals surface area (Å²) in [5, 5.41) is 11.0. The zero-order chi connectivity index (χ0) is 15.9. The molecule has 1 aromatic carbocycles. The first kappa shape index (κ1) is 17.1. The molecule has 0 atom stereocenters. The van der Waals surface area contributed by atoms with Crippen LogP contribution in [-0.4, -0.2) is 30.7 Å². The quantitative estimate of drug-likeness (QED) is 0.399. The number of para-hydroxylation sites is 1. The van der Waals surface area contributed by atoms with Crippen molar-refractivity contribution in [1.82, 2.24) is 4.31 Å². The SMILES string of the molecule is C=CCCN(CCC=C)S(=O)(=O)c1ccccc1[N+](=O)[O-]. The highest BCUT2D eigenvalue weighted by molar-refractivity contribution is 7.89. The summed E-state index contributed by atoms with van der Waals surface area (Å²) < 4.78 is 26.5. The second-order valence-electron chi connectivity index (χ2n) is 4.28. The number of hydrogen-bond acceptors (Lipinski definition) is 4. The van der Waals surface area contributed by atoms with Gasteiger partial charge in [-0.3, -0.25) is 10.1 Å². The van der Waals surface area contributed by atoms with Crippen molar-refractivity contribution in [1.29, 1.82) is 0 Å². The Labute approximate surface area is 124 Å². The minimum absolute atomic E-state index is 0.228. The first-order valence-electron chi connectivity index (χ1n) is 6.40. The van der Waals surface area contributed by atoms with Gasteiger partial charge >= 0.3 is 0 Å². The van der Waals surface area contributed by atoms with Crippen LogP contribution in [0.15, 0.2) is 54.5 Å². The van der Waals surface area contributed by atoms with Crippen molar-refractivity contribution in [3.05, 3.63) is 59.7 Å². The molecule has 0 spiro atoms. The van der Waals surface area contributed by atoms with Crippen molar-refractivity contribution in [3.63, 3.8) is 0 Å². The van der Waals surface area contributed by atoms with Crippen molar-refractivity contribution in [2.45, 2.75) is 17.7 Å². The van der Waals surface area contributed by atoms with Crippen LogP contribution >= 0.6 is 0 Å². The van der Waals surface area contributed by atoms with Crippen LogP contribution in [0.4, 0.5) is 5.69 Å². The standard InChI is InChI=1S/C14H18N2O4S/c1-3-5-11-15(12-6-4-2)21(19,20)14-10-8-7-9-13(14)16(17)18/h3-4,7-10H,1-2,5-6,11-12H2. The average molecular weight is 310 g/mol. The second kappa shape index (κ2) is 7.70. The van der Waals surface area contributed by atoms with Crippen LogP contribution in [0.1, 0.15) is 12.8 Å². The van der Waals surface area contributed by atoms with E-state index in [1.165, 1.54) is 28.6 Å². The maximum absolute atomic E-state index is 12.6. The van der Waals surface area contributed by atoms with Crippen LogP contribution in [0.25, 0.3) is 0 Å². The van der Waals surface area contributed by atoms with E-state index < -0.39 is 20.6 Å². The summed E-state index contributed by atoms with van der Waals surface area (Å²) in [4.78, 5) is 10.0. The highest BCUT2D eigenvalue weighted by Crippen LogP contribution is 2.26. The predicted octanol–water partition coefficient (Wildman–Crippen LogP) is 2.74. The number of nitro benzene ring substituents is 1. The lowest BCUT2D eigenvalue weighted by Gasteiger charge is -2.20. The molecular formula is C14H18N2O4S. The third kappa shape index (κ3) is 4.24. The molecule has 7 heteroatoms. The Kier molecular flexibility index (Phi) is 6.26. The lowest BCUT2D eigenvalue weighted by molar-refractivity contribution is -0.387. The van der Waals surface area contributed by atoms with Crippen LogP contribution in [0, 0.1) is 10.1 Å². The molecule has 0 aliphatic rings.